The number of rotatable bonds is 9. The van der Waals surface area contributed by atoms with E-state index >= 15 is 0 Å². The third kappa shape index (κ3) is 6.14. The van der Waals surface area contributed by atoms with Crippen molar-refractivity contribution >= 4 is 5.69 Å². The Balaban J connectivity index is 2.38. The highest BCUT2D eigenvalue weighted by Crippen LogP contribution is 2.21. The monoisotopic (exact) mass is 302 g/mol. The van der Waals surface area contributed by atoms with Gasteiger partial charge in [-0.15, -0.1) is 0 Å². The van der Waals surface area contributed by atoms with E-state index in [9.17, 15) is 18.9 Å². The van der Waals surface area contributed by atoms with E-state index in [1.807, 2.05) is 0 Å². The van der Waals surface area contributed by atoms with Crippen LogP contribution >= 0.6 is 0 Å². The van der Waals surface area contributed by atoms with Crippen LogP contribution in [0, 0.1) is 27.7 Å². The van der Waals surface area contributed by atoms with E-state index in [1.165, 1.54) is 0 Å². The van der Waals surface area contributed by atoms with Crippen molar-refractivity contribution in [1.82, 2.24) is 5.32 Å². The molecule has 1 N–H and O–H groups in total. The molecular formula is C14H20F2N2O3. The third-order valence-corrected chi connectivity index (χ3v) is 2.72. The van der Waals surface area contributed by atoms with Crippen LogP contribution in [0.1, 0.15) is 25.8 Å². The zero-order valence-electron chi connectivity index (χ0n) is 12.2. The maximum atomic E-state index is 13.5. The topological polar surface area (TPSA) is 64.4 Å². The van der Waals surface area contributed by atoms with Gasteiger partial charge in [-0.1, -0.05) is 13.8 Å². The van der Waals surface area contributed by atoms with Crippen LogP contribution < -0.4 is 5.32 Å². The molecular weight excluding hydrogens is 282 g/mol. The minimum Gasteiger partial charge on any atom is -0.381 e. The highest BCUT2D eigenvalue weighted by Gasteiger charge is 2.18. The van der Waals surface area contributed by atoms with E-state index in [-0.39, 0.29) is 12.1 Å². The lowest BCUT2D eigenvalue weighted by molar-refractivity contribution is -0.387. The molecule has 118 valence electrons. The normalized spacial score (nSPS) is 11.1. The van der Waals surface area contributed by atoms with E-state index in [0.717, 1.165) is 12.5 Å². The van der Waals surface area contributed by atoms with Crippen LogP contribution in [0.2, 0.25) is 0 Å². The first-order valence-corrected chi connectivity index (χ1v) is 6.82. The van der Waals surface area contributed by atoms with Crippen molar-refractivity contribution < 1.29 is 18.4 Å². The number of hydrogen-bond acceptors (Lipinski definition) is 4. The Morgan fingerprint density at radius 2 is 2.05 bits per heavy atom. The molecule has 0 bridgehead atoms. The van der Waals surface area contributed by atoms with E-state index in [4.69, 9.17) is 4.74 Å². The molecule has 0 aliphatic heterocycles. The Labute approximate surface area is 122 Å². The molecule has 7 heteroatoms. The van der Waals surface area contributed by atoms with Gasteiger partial charge in [0.15, 0.2) is 0 Å². The Morgan fingerprint density at radius 3 is 2.67 bits per heavy atom. The van der Waals surface area contributed by atoms with Gasteiger partial charge in [0.05, 0.1) is 4.92 Å². The number of nitrogens with zero attached hydrogens (tertiary/aromatic N) is 1. The minimum atomic E-state index is -1.16. The molecule has 0 amide bonds. The van der Waals surface area contributed by atoms with E-state index in [0.29, 0.717) is 31.7 Å². The summed E-state index contributed by atoms with van der Waals surface area (Å²) in [7, 11) is 0. The molecule has 0 unspecified atom stereocenters. The molecule has 0 aromatic heterocycles. The molecule has 0 aliphatic rings. The van der Waals surface area contributed by atoms with Crippen LogP contribution in [0.25, 0.3) is 0 Å². The van der Waals surface area contributed by atoms with Gasteiger partial charge in [0.2, 0.25) is 5.82 Å². The van der Waals surface area contributed by atoms with E-state index in [2.05, 4.69) is 19.2 Å². The van der Waals surface area contributed by atoms with Crippen molar-refractivity contribution in [2.24, 2.45) is 5.92 Å². The second-order valence-corrected chi connectivity index (χ2v) is 5.15. The van der Waals surface area contributed by atoms with Gasteiger partial charge in [0, 0.05) is 37.5 Å². The molecule has 21 heavy (non-hydrogen) atoms. The van der Waals surface area contributed by atoms with Gasteiger partial charge in [0.25, 0.3) is 0 Å². The van der Waals surface area contributed by atoms with Gasteiger partial charge in [-0.3, -0.25) is 10.1 Å². The number of hydrogen-bond donors (Lipinski definition) is 1. The summed E-state index contributed by atoms with van der Waals surface area (Å²) in [5.74, 6) is -1.48. The quantitative estimate of drug-likeness (QED) is 0.432. The van der Waals surface area contributed by atoms with Gasteiger partial charge in [-0.2, -0.15) is 4.39 Å². The Bertz CT molecular complexity index is 482. The smallest absolute Gasteiger partial charge is 0.305 e. The average Bonchev–Trinajstić information content (AvgIpc) is 2.38. The van der Waals surface area contributed by atoms with Crippen molar-refractivity contribution in [3.05, 3.63) is 39.4 Å². The summed E-state index contributed by atoms with van der Waals surface area (Å²) in [6.07, 6.45) is 0.748. The lowest BCUT2D eigenvalue weighted by atomic mass is 10.1. The van der Waals surface area contributed by atoms with Crippen LogP contribution in [-0.4, -0.2) is 24.7 Å². The van der Waals surface area contributed by atoms with Gasteiger partial charge >= 0.3 is 5.69 Å². The van der Waals surface area contributed by atoms with Crippen LogP contribution in [0.3, 0.4) is 0 Å². The summed E-state index contributed by atoms with van der Waals surface area (Å²) in [5, 5.41) is 13.5. The molecule has 1 aromatic carbocycles. The molecule has 0 saturated carbocycles. The predicted octanol–water partition coefficient (Wildman–Crippen LogP) is 3.03. The second kappa shape index (κ2) is 8.63. The Kier molecular flexibility index (Phi) is 7.18. The Hall–Kier alpha value is -1.60. The van der Waals surface area contributed by atoms with Crippen molar-refractivity contribution in [2.75, 3.05) is 19.8 Å². The molecule has 0 heterocycles. The number of benzene rings is 1. The fraction of sp³-hybridized carbons (Fsp3) is 0.571. The summed E-state index contributed by atoms with van der Waals surface area (Å²) in [6.45, 7) is 6.10. The molecule has 0 spiro atoms. The molecule has 0 aliphatic carbocycles. The van der Waals surface area contributed by atoms with E-state index in [1.54, 1.807) is 0 Å². The second-order valence-electron chi connectivity index (χ2n) is 5.15. The molecule has 0 atom stereocenters. The molecule has 0 saturated heterocycles. The van der Waals surface area contributed by atoms with Gasteiger partial charge in [-0.05, 0) is 18.9 Å². The number of halogens is 2. The van der Waals surface area contributed by atoms with Crippen molar-refractivity contribution in [1.29, 1.82) is 0 Å². The first-order valence-electron chi connectivity index (χ1n) is 6.82. The SMILES string of the molecule is CC(C)COCCCNCc1cc([N+](=O)[O-])c(F)cc1F. The van der Waals surface area contributed by atoms with Crippen LogP contribution in [0.5, 0.6) is 0 Å². The first kappa shape index (κ1) is 17.5. The number of ether oxygens (including phenoxy) is 1. The summed E-state index contributed by atoms with van der Waals surface area (Å²) in [6, 6.07) is 1.47. The molecule has 1 aromatic rings. The molecule has 1 rings (SSSR count). The van der Waals surface area contributed by atoms with Crippen LogP contribution in [0.15, 0.2) is 12.1 Å². The van der Waals surface area contributed by atoms with E-state index < -0.39 is 22.2 Å². The largest absolute Gasteiger partial charge is 0.381 e. The maximum absolute atomic E-state index is 13.5. The highest BCUT2D eigenvalue weighted by molar-refractivity contribution is 5.37. The fourth-order valence-electron chi connectivity index (χ4n) is 1.70. The fourth-order valence-corrected chi connectivity index (χ4v) is 1.70. The van der Waals surface area contributed by atoms with Crippen LogP contribution in [0.4, 0.5) is 14.5 Å². The number of nitrogens with one attached hydrogen (secondary N) is 1. The van der Waals surface area contributed by atoms with Gasteiger partial charge in [0.1, 0.15) is 5.82 Å². The predicted molar refractivity (Wildman–Crippen MR) is 75.0 cm³/mol. The average molecular weight is 302 g/mol. The summed E-state index contributed by atoms with van der Waals surface area (Å²) >= 11 is 0. The number of nitro groups is 1. The lowest BCUT2D eigenvalue weighted by Crippen LogP contribution is -2.18. The van der Waals surface area contributed by atoms with Gasteiger partial charge < -0.3 is 10.1 Å². The van der Waals surface area contributed by atoms with Crippen LogP contribution in [-0.2, 0) is 11.3 Å². The van der Waals surface area contributed by atoms with Gasteiger partial charge in [-0.25, -0.2) is 4.39 Å². The molecule has 0 radical (unpaired) electrons. The van der Waals surface area contributed by atoms with Crippen molar-refractivity contribution in [2.45, 2.75) is 26.8 Å². The molecule has 0 fully saturated rings. The van der Waals surface area contributed by atoms with Crippen molar-refractivity contribution in [3.63, 3.8) is 0 Å². The molecule has 5 nitrogen and oxygen atoms in total. The number of nitro benzene ring substituents is 1. The first-order chi connectivity index (χ1) is 9.91. The summed E-state index contributed by atoms with van der Waals surface area (Å²) in [4.78, 5) is 9.73. The summed E-state index contributed by atoms with van der Waals surface area (Å²) < 4.78 is 32.0. The standard InChI is InChI=1S/C14H20F2N2O3/c1-10(2)9-21-5-3-4-17-8-11-6-14(18(19)20)13(16)7-12(11)15/h6-7,10,17H,3-5,8-9H2,1-2H3. The lowest BCUT2D eigenvalue weighted by Gasteiger charge is -2.08. The third-order valence-electron chi connectivity index (χ3n) is 2.72. The van der Waals surface area contributed by atoms with Crippen molar-refractivity contribution in [3.8, 4) is 0 Å². The zero-order chi connectivity index (χ0) is 15.8. The summed E-state index contributed by atoms with van der Waals surface area (Å²) in [5.41, 5.74) is -0.639. The maximum Gasteiger partial charge on any atom is 0.305 e. The zero-order valence-corrected chi connectivity index (χ0v) is 12.2. The minimum absolute atomic E-state index is 0.0752. The highest BCUT2D eigenvalue weighted by atomic mass is 19.1. The Morgan fingerprint density at radius 1 is 1.33 bits per heavy atom.